The van der Waals surface area contributed by atoms with Crippen molar-refractivity contribution in [3.63, 3.8) is 0 Å². The summed E-state index contributed by atoms with van der Waals surface area (Å²) in [7, 11) is -3.09. The van der Waals surface area contributed by atoms with Crippen LogP contribution < -0.4 is 0 Å². The normalized spacial score (nSPS) is 22.2. The first kappa shape index (κ1) is 16.3. The van der Waals surface area contributed by atoms with E-state index in [4.69, 9.17) is 0 Å². The average Bonchev–Trinajstić information content (AvgIpc) is 2.55. The van der Waals surface area contributed by atoms with Crippen LogP contribution in [-0.4, -0.2) is 65.9 Å². The molecule has 0 N–H and O–H groups in total. The number of piperidine rings is 2. The number of amides is 1. The van der Waals surface area contributed by atoms with Gasteiger partial charge in [-0.05, 0) is 31.1 Å². The Balaban J connectivity index is 1.58. The van der Waals surface area contributed by atoms with Crippen LogP contribution in [0, 0.1) is 5.41 Å². The summed E-state index contributed by atoms with van der Waals surface area (Å²) in [5, 5.41) is 0. The second-order valence-corrected chi connectivity index (χ2v) is 8.53. The fourth-order valence-corrected chi connectivity index (χ4v) is 4.39. The quantitative estimate of drug-likeness (QED) is 0.795. The van der Waals surface area contributed by atoms with E-state index in [0.29, 0.717) is 31.9 Å². The molecule has 2 aliphatic heterocycles. The number of sulfonamides is 1. The van der Waals surface area contributed by atoms with Crippen molar-refractivity contribution in [3.05, 3.63) is 24.3 Å². The van der Waals surface area contributed by atoms with Gasteiger partial charge in [0.1, 0.15) is 5.69 Å². The first-order valence-electron chi connectivity index (χ1n) is 7.90. The first-order chi connectivity index (χ1) is 10.9. The number of aromatic nitrogens is 2. The molecule has 0 saturated carbocycles. The van der Waals surface area contributed by atoms with Gasteiger partial charge in [0.2, 0.25) is 10.0 Å². The Bertz CT molecular complexity index is 659. The Morgan fingerprint density at radius 2 is 1.70 bits per heavy atom. The second-order valence-electron chi connectivity index (χ2n) is 6.54. The van der Waals surface area contributed by atoms with Crippen LogP contribution in [0.5, 0.6) is 0 Å². The highest BCUT2D eigenvalue weighted by Crippen LogP contribution is 2.41. The maximum absolute atomic E-state index is 12.4. The van der Waals surface area contributed by atoms with Crippen LogP contribution in [0.3, 0.4) is 0 Å². The van der Waals surface area contributed by atoms with E-state index in [-0.39, 0.29) is 11.3 Å². The van der Waals surface area contributed by atoms with Gasteiger partial charge in [-0.1, -0.05) is 0 Å². The van der Waals surface area contributed by atoms with Crippen molar-refractivity contribution in [1.82, 2.24) is 19.2 Å². The Labute approximate surface area is 136 Å². The van der Waals surface area contributed by atoms with Gasteiger partial charge in [0.15, 0.2) is 0 Å². The highest BCUT2D eigenvalue weighted by atomic mass is 32.2. The van der Waals surface area contributed by atoms with Crippen LogP contribution in [0.2, 0.25) is 0 Å². The highest BCUT2D eigenvalue weighted by Gasteiger charge is 2.40. The van der Waals surface area contributed by atoms with E-state index in [1.54, 1.807) is 10.5 Å². The SMILES string of the molecule is CS(=O)(=O)N1CCC2(CCN(C(=O)c3cnccn3)CC2)CC1. The zero-order chi connectivity index (χ0) is 16.5. The number of hydrogen-bond donors (Lipinski definition) is 0. The van der Waals surface area contributed by atoms with Crippen molar-refractivity contribution in [2.24, 2.45) is 5.41 Å². The number of rotatable bonds is 2. The van der Waals surface area contributed by atoms with Crippen LogP contribution in [0.4, 0.5) is 0 Å². The summed E-state index contributed by atoms with van der Waals surface area (Å²) in [6.45, 7) is 2.59. The van der Waals surface area contributed by atoms with Gasteiger partial charge >= 0.3 is 0 Å². The number of likely N-dealkylation sites (tertiary alicyclic amines) is 1. The lowest BCUT2D eigenvalue weighted by Crippen LogP contribution is -2.49. The molecule has 0 bridgehead atoms. The average molecular weight is 338 g/mol. The van der Waals surface area contributed by atoms with Gasteiger partial charge in [0, 0.05) is 38.6 Å². The maximum atomic E-state index is 12.4. The number of carbonyl (C=O) groups excluding carboxylic acids is 1. The molecule has 3 rings (SSSR count). The van der Waals surface area contributed by atoms with Crippen LogP contribution >= 0.6 is 0 Å². The van der Waals surface area contributed by atoms with Gasteiger partial charge in [-0.3, -0.25) is 9.78 Å². The third-order valence-corrected chi connectivity index (χ3v) is 6.45. The fraction of sp³-hybridized carbons (Fsp3) is 0.667. The van der Waals surface area contributed by atoms with Crippen molar-refractivity contribution in [2.75, 3.05) is 32.4 Å². The minimum atomic E-state index is -3.09. The molecule has 2 saturated heterocycles. The molecule has 0 atom stereocenters. The molecule has 8 heteroatoms. The first-order valence-corrected chi connectivity index (χ1v) is 9.75. The maximum Gasteiger partial charge on any atom is 0.274 e. The Hall–Kier alpha value is -1.54. The van der Waals surface area contributed by atoms with E-state index in [2.05, 4.69) is 9.97 Å². The minimum Gasteiger partial charge on any atom is -0.337 e. The molecule has 1 aromatic heterocycles. The molecule has 0 radical (unpaired) electrons. The molecule has 7 nitrogen and oxygen atoms in total. The molecule has 1 aromatic rings. The molecule has 1 spiro atoms. The van der Waals surface area contributed by atoms with E-state index in [1.165, 1.54) is 18.6 Å². The van der Waals surface area contributed by atoms with Crippen molar-refractivity contribution in [3.8, 4) is 0 Å². The van der Waals surface area contributed by atoms with Gasteiger partial charge in [0.25, 0.3) is 5.91 Å². The Morgan fingerprint density at radius 3 is 2.22 bits per heavy atom. The second kappa shape index (κ2) is 6.16. The third-order valence-electron chi connectivity index (χ3n) is 5.15. The van der Waals surface area contributed by atoms with Crippen molar-refractivity contribution in [2.45, 2.75) is 25.7 Å². The van der Waals surface area contributed by atoms with E-state index >= 15 is 0 Å². The zero-order valence-corrected chi connectivity index (χ0v) is 14.1. The van der Waals surface area contributed by atoms with E-state index in [0.717, 1.165) is 25.7 Å². The van der Waals surface area contributed by atoms with Gasteiger partial charge in [-0.15, -0.1) is 0 Å². The monoisotopic (exact) mass is 338 g/mol. The number of hydrogen-bond acceptors (Lipinski definition) is 5. The van der Waals surface area contributed by atoms with Gasteiger partial charge in [0.05, 0.1) is 12.5 Å². The fourth-order valence-electron chi connectivity index (χ4n) is 3.55. The van der Waals surface area contributed by atoms with Crippen LogP contribution in [0.15, 0.2) is 18.6 Å². The molecule has 2 aliphatic rings. The predicted molar refractivity (Wildman–Crippen MR) is 85.3 cm³/mol. The van der Waals surface area contributed by atoms with E-state index in [9.17, 15) is 13.2 Å². The molecule has 0 aliphatic carbocycles. The summed E-state index contributed by atoms with van der Waals surface area (Å²) >= 11 is 0. The molecular weight excluding hydrogens is 316 g/mol. The van der Waals surface area contributed by atoms with Crippen LogP contribution in [0.1, 0.15) is 36.2 Å². The lowest BCUT2D eigenvalue weighted by molar-refractivity contribution is 0.0420. The lowest BCUT2D eigenvalue weighted by atomic mass is 9.71. The molecule has 126 valence electrons. The summed E-state index contributed by atoms with van der Waals surface area (Å²) in [4.78, 5) is 22.2. The van der Waals surface area contributed by atoms with Gasteiger partial charge in [-0.2, -0.15) is 0 Å². The van der Waals surface area contributed by atoms with Crippen molar-refractivity contribution in [1.29, 1.82) is 0 Å². The summed E-state index contributed by atoms with van der Waals surface area (Å²) in [5.41, 5.74) is 0.565. The zero-order valence-electron chi connectivity index (χ0n) is 13.3. The topological polar surface area (TPSA) is 83.5 Å². The molecule has 3 heterocycles. The molecule has 0 aromatic carbocycles. The molecule has 2 fully saturated rings. The summed E-state index contributed by atoms with van der Waals surface area (Å²) in [6, 6.07) is 0. The molecule has 1 amide bonds. The molecular formula is C15H22N4O3S. The van der Waals surface area contributed by atoms with Crippen molar-refractivity contribution >= 4 is 15.9 Å². The molecule has 23 heavy (non-hydrogen) atoms. The highest BCUT2D eigenvalue weighted by molar-refractivity contribution is 7.88. The third kappa shape index (κ3) is 3.53. The summed E-state index contributed by atoms with van der Waals surface area (Å²) in [6.07, 6.45) is 9.47. The molecule has 0 unspecified atom stereocenters. The standard InChI is InChI=1S/C15H22N4O3S/c1-23(21,22)19-10-4-15(5-11-19)2-8-18(9-3-15)14(20)13-12-16-6-7-17-13/h6-7,12H,2-5,8-11H2,1H3. The van der Waals surface area contributed by atoms with Crippen molar-refractivity contribution < 1.29 is 13.2 Å². The predicted octanol–water partition coefficient (Wildman–Crippen LogP) is 0.754. The van der Waals surface area contributed by atoms with Gasteiger partial charge in [-0.25, -0.2) is 17.7 Å². The largest absolute Gasteiger partial charge is 0.337 e. The summed E-state index contributed by atoms with van der Waals surface area (Å²) in [5.74, 6) is -0.0680. The smallest absolute Gasteiger partial charge is 0.274 e. The summed E-state index contributed by atoms with van der Waals surface area (Å²) < 4.78 is 24.8. The van der Waals surface area contributed by atoms with Crippen LogP contribution in [0.25, 0.3) is 0 Å². The lowest BCUT2D eigenvalue weighted by Gasteiger charge is -2.46. The Morgan fingerprint density at radius 1 is 1.09 bits per heavy atom. The van der Waals surface area contributed by atoms with E-state index in [1.807, 2.05) is 4.90 Å². The van der Waals surface area contributed by atoms with E-state index < -0.39 is 10.0 Å². The van der Waals surface area contributed by atoms with Crippen LogP contribution in [-0.2, 0) is 10.0 Å². The Kier molecular flexibility index (Phi) is 4.37. The minimum absolute atomic E-state index is 0.0680. The number of nitrogens with zero attached hydrogens (tertiary/aromatic N) is 4. The van der Waals surface area contributed by atoms with Gasteiger partial charge < -0.3 is 4.90 Å². The number of carbonyl (C=O) groups is 1.